The molecule has 0 aliphatic rings. The average Bonchev–Trinajstić information content (AvgIpc) is 2.67. The number of aromatic amines is 1. The number of carboxylic acids is 1. The molecule has 106 valence electrons. The molecule has 0 amide bonds. The van der Waals surface area contributed by atoms with Gasteiger partial charge in [-0.2, -0.15) is 0 Å². The van der Waals surface area contributed by atoms with Gasteiger partial charge in [0.2, 0.25) is 0 Å². The Morgan fingerprint density at radius 3 is 2.35 bits per heavy atom. The van der Waals surface area contributed by atoms with Crippen molar-refractivity contribution < 1.29 is 14.3 Å². The number of para-hydroxylation sites is 1. The SMILES string of the molecule is CC(C)(C)c1[nH]n(-c2ccccc2F)c(=O)c1C(=O)O. The van der Waals surface area contributed by atoms with Gasteiger partial charge in [-0.15, -0.1) is 0 Å². The quantitative estimate of drug-likeness (QED) is 0.885. The van der Waals surface area contributed by atoms with Gasteiger partial charge in [0, 0.05) is 5.41 Å². The highest BCUT2D eigenvalue weighted by Crippen LogP contribution is 2.23. The van der Waals surface area contributed by atoms with Crippen molar-refractivity contribution in [1.82, 2.24) is 9.78 Å². The van der Waals surface area contributed by atoms with Gasteiger partial charge in [0.15, 0.2) is 0 Å². The van der Waals surface area contributed by atoms with E-state index in [-0.39, 0.29) is 16.9 Å². The lowest BCUT2D eigenvalue weighted by atomic mass is 9.89. The van der Waals surface area contributed by atoms with Crippen molar-refractivity contribution in [3.05, 3.63) is 51.7 Å². The van der Waals surface area contributed by atoms with Crippen molar-refractivity contribution >= 4 is 5.97 Å². The molecule has 0 unspecified atom stereocenters. The lowest BCUT2D eigenvalue weighted by Gasteiger charge is -2.17. The summed E-state index contributed by atoms with van der Waals surface area (Å²) >= 11 is 0. The summed E-state index contributed by atoms with van der Waals surface area (Å²) in [6.45, 7) is 5.32. The number of hydrogen-bond acceptors (Lipinski definition) is 2. The molecule has 5 nitrogen and oxygen atoms in total. The molecular weight excluding hydrogens is 263 g/mol. The van der Waals surface area contributed by atoms with E-state index in [1.807, 2.05) is 0 Å². The first-order valence-electron chi connectivity index (χ1n) is 6.07. The second kappa shape index (κ2) is 4.63. The second-order valence-corrected chi connectivity index (χ2v) is 5.51. The van der Waals surface area contributed by atoms with Crippen molar-refractivity contribution in [3.63, 3.8) is 0 Å². The zero-order valence-electron chi connectivity index (χ0n) is 11.4. The Morgan fingerprint density at radius 2 is 1.90 bits per heavy atom. The van der Waals surface area contributed by atoms with Crippen LogP contribution in [0.2, 0.25) is 0 Å². The zero-order valence-corrected chi connectivity index (χ0v) is 11.4. The molecule has 1 aromatic heterocycles. The number of nitrogens with one attached hydrogen (secondary N) is 1. The molecule has 0 spiro atoms. The highest BCUT2D eigenvalue weighted by atomic mass is 19.1. The second-order valence-electron chi connectivity index (χ2n) is 5.51. The molecule has 0 saturated heterocycles. The van der Waals surface area contributed by atoms with E-state index in [1.54, 1.807) is 26.8 Å². The first-order chi connectivity index (χ1) is 9.23. The van der Waals surface area contributed by atoms with Crippen LogP contribution in [0.1, 0.15) is 36.8 Å². The number of aromatic carboxylic acids is 1. The van der Waals surface area contributed by atoms with Crippen LogP contribution in [0.3, 0.4) is 0 Å². The van der Waals surface area contributed by atoms with Crippen LogP contribution < -0.4 is 5.56 Å². The third-order valence-electron chi connectivity index (χ3n) is 2.95. The minimum absolute atomic E-state index is 0.00417. The van der Waals surface area contributed by atoms with Crippen molar-refractivity contribution in [2.24, 2.45) is 0 Å². The normalized spacial score (nSPS) is 11.6. The zero-order chi connectivity index (χ0) is 15.1. The Morgan fingerprint density at radius 1 is 1.30 bits per heavy atom. The summed E-state index contributed by atoms with van der Waals surface area (Å²) < 4.78 is 14.7. The number of H-pyrrole nitrogens is 1. The molecule has 0 aliphatic heterocycles. The number of benzene rings is 1. The summed E-state index contributed by atoms with van der Waals surface area (Å²) in [5.41, 5.74) is -1.45. The van der Waals surface area contributed by atoms with E-state index in [9.17, 15) is 19.1 Å². The Hall–Kier alpha value is -2.37. The molecule has 20 heavy (non-hydrogen) atoms. The van der Waals surface area contributed by atoms with Crippen molar-refractivity contribution in [3.8, 4) is 5.69 Å². The van der Waals surface area contributed by atoms with Gasteiger partial charge < -0.3 is 5.11 Å². The monoisotopic (exact) mass is 278 g/mol. The molecule has 0 radical (unpaired) electrons. The number of nitrogens with zero attached hydrogens (tertiary/aromatic N) is 1. The van der Waals surface area contributed by atoms with Crippen LogP contribution >= 0.6 is 0 Å². The van der Waals surface area contributed by atoms with Gasteiger partial charge in [-0.3, -0.25) is 9.89 Å². The molecule has 1 heterocycles. The molecule has 1 aromatic carbocycles. The van der Waals surface area contributed by atoms with Crippen molar-refractivity contribution in [2.75, 3.05) is 0 Å². The highest BCUT2D eigenvalue weighted by molar-refractivity contribution is 5.89. The van der Waals surface area contributed by atoms with E-state index in [0.717, 1.165) is 4.68 Å². The molecule has 2 rings (SSSR count). The molecule has 0 aliphatic carbocycles. The first-order valence-corrected chi connectivity index (χ1v) is 6.07. The maximum Gasteiger partial charge on any atom is 0.343 e. The molecule has 2 N–H and O–H groups in total. The van der Waals surface area contributed by atoms with Gasteiger partial charge in [-0.1, -0.05) is 32.9 Å². The van der Waals surface area contributed by atoms with E-state index in [0.29, 0.717) is 0 Å². The first kappa shape index (κ1) is 14.0. The topological polar surface area (TPSA) is 75.1 Å². The fourth-order valence-electron chi connectivity index (χ4n) is 1.98. The number of carboxylic acid groups (broad SMARTS) is 1. The van der Waals surface area contributed by atoms with Gasteiger partial charge in [0.25, 0.3) is 5.56 Å². The molecule has 0 fully saturated rings. The summed E-state index contributed by atoms with van der Waals surface area (Å²) in [6.07, 6.45) is 0. The Kier molecular flexibility index (Phi) is 3.25. The fourth-order valence-corrected chi connectivity index (χ4v) is 1.98. The fraction of sp³-hybridized carbons (Fsp3) is 0.286. The number of aromatic nitrogens is 2. The summed E-state index contributed by atoms with van der Waals surface area (Å²) in [5.74, 6) is -1.93. The summed E-state index contributed by atoms with van der Waals surface area (Å²) in [4.78, 5) is 23.5. The van der Waals surface area contributed by atoms with Crippen molar-refractivity contribution in [2.45, 2.75) is 26.2 Å². The average molecular weight is 278 g/mol. The van der Waals surface area contributed by atoms with E-state index in [4.69, 9.17) is 0 Å². The van der Waals surface area contributed by atoms with Gasteiger partial charge in [-0.25, -0.2) is 13.9 Å². The molecule has 6 heteroatoms. The highest BCUT2D eigenvalue weighted by Gasteiger charge is 2.29. The van der Waals surface area contributed by atoms with Gasteiger partial charge in [0.1, 0.15) is 17.1 Å². The standard InChI is InChI=1S/C14H15FN2O3/c1-14(2,3)11-10(13(19)20)12(18)17(16-11)9-7-5-4-6-8(9)15/h4-7,16H,1-3H3,(H,19,20). The van der Waals surface area contributed by atoms with E-state index < -0.39 is 22.8 Å². The van der Waals surface area contributed by atoms with E-state index >= 15 is 0 Å². The van der Waals surface area contributed by atoms with Crippen molar-refractivity contribution in [1.29, 1.82) is 0 Å². The van der Waals surface area contributed by atoms with Gasteiger partial charge in [0.05, 0.1) is 5.69 Å². The van der Waals surface area contributed by atoms with Crippen LogP contribution in [0.15, 0.2) is 29.1 Å². The number of halogens is 1. The summed E-state index contributed by atoms with van der Waals surface area (Å²) in [7, 11) is 0. The van der Waals surface area contributed by atoms with E-state index in [2.05, 4.69) is 5.10 Å². The van der Waals surface area contributed by atoms with Crippen LogP contribution in [0.4, 0.5) is 4.39 Å². The minimum Gasteiger partial charge on any atom is -0.477 e. The van der Waals surface area contributed by atoms with Crippen LogP contribution in [0, 0.1) is 5.82 Å². The minimum atomic E-state index is -1.33. The maximum absolute atomic E-state index is 13.8. The number of rotatable bonds is 2. The van der Waals surface area contributed by atoms with Gasteiger partial charge >= 0.3 is 5.97 Å². The lowest BCUT2D eigenvalue weighted by Crippen LogP contribution is -2.22. The predicted molar refractivity (Wildman–Crippen MR) is 72.0 cm³/mol. The molecular formula is C14H15FN2O3. The largest absolute Gasteiger partial charge is 0.477 e. The molecule has 0 atom stereocenters. The molecule has 0 bridgehead atoms. The Labute approximate surface area is 114 Å². The Bertz CT molecular complexity index is 723. The smallest absolute Gasteiger partial charge is 0.343 e. The maximum atomic E-state index is 13.8. The molecule has 0 saturated carbocycles. The predicted octanol–water partition coefficient (Wildman–Crippen LogP) is 2.30. The third-order valence-corrected chi connectivity index (χ3v) is 2.95. The number of carbonyl (C=O) groups is 1. The van der Waals surface area contributed by atoms with Crippen LogP contribution in [0.5, 0.6) is 0 Å². The summed E-state index contributed by atoms with van der Waals surface area (Å²) in [5, 5.41) is 11.9. The van der Waals surface area contributed by atoms with E-state index in [1.165, 1.54) is 18.2 Å². The van der Waals surface area contributed by atoms with Crippen LogP contribution in [0.25, 0.3) is 5.69 Å². The third kappa shape index (κ3) is 2.24. The van der Waals surface area contributed by atoms with Crippen LogP contribution in [-0.4, -0.2) is 20.9 Å². The van der Waals surface area contributed by atoms with Gasteiger partial charge in [-0.05, 0) is 12.1 Å². The van der Waals surface area contributed by atoms with Crippen LogP contribution in [-0.2, 0) is 5.41 Å². The Balaban J connectivity index is 2.79. The lowest BCUT2D eigenvalue weighted by molar-refractivity contribution is 0.0692. The molecule has 2 aromatic rings. The number of hydrogen-bond donors (Lipinski definition) is 2. The summed E-state index contributed by atoms with van der Waals surface area (Å²) in [6, 6.07) is 5.68.